The van der Waals surface area contributed by atoms with Gasteiger partial charge in [-0.05, 0) is 76.9 Å². The monoisotopic (exact) mass is 484 g/mol. The zero-order chi connectivity index (χ0) is 22.2. The van der Waals surface area contributed by atoms with Crippen LogP contribution in [0.1, 0.15) is 50.3 Å². The average Bonchev–Trinajstić information content (AvgIpc) is 3.53. The van der Waals surface area contributed by atoms with E-state index >= 15 is 0 Å². The predicted octanol–water partition coefficient (Wildman–Crippen LogP) is 11.1. The molecule has 166 valence electrons. The molecule has 0 N–H and O–H groups in total. The van der Waals surface area contributed by atoms with Crippen molar-refractivity contribution in [1.82, 2.24) is 0 Å². The first-order valence-corrected chi connectivity index (χ1v) is 14.6. The maximum absolute atomic E-state index is 2.42. The van der Waals surface area contributed by atoms with Gasteiger partial charge in [-0.15, -0.1) is 34.0 Å². The Bertz CT molecular complexity index is 1560. The van der Waals surface area contributed by atoms with E-state index in [1.54, 1.807) is 4.88 Å². The van der Waals surface area contributed by atoms with Gasteiger partial charge in [-0.25, -0.2) is 0 Å². The van der Waals surface area contributed by atoms with Crippen LogP contribution in [0, 0.1) is 0 Å². The van der Waals surface area contributed by atoms with Gasteiger partial charge < -0.3 is 0 Å². The van der Waals surface area contributed by atoms with Gasteiger partial charge >= 0.3 is 0 Å². The molecule has 33 heavy (non-hydrogen) atoms. The van der Waals surface area contributed by atoms with Crippen LogP contribution < -0.4 is 0 Å². The molecule has 0 aliphatic rings. The van der Waals surface area contributed by atoms with Crippen LogP contribution in [0.2, 0.25) is 0 Å². The van der Waals surface area contributed by atoms with Gasteiger partial charge in [0.1, 0.15) is 0 Å². The van der Waals surface area contributed by atoms with Crippen LogP contribution >= 0.6 is 34.0 Å². The Morgan fingerprint density at radius 1 is 0.576 bits per heavy atom. The van der Waals surface area contributed by atoms with E-state index in [0.29, 0.717) is 0 Å². The Morgan fingerprint density at radius 2 is 1.33 bits per heavy atom. The third-order valence-corrected chi connectivity index (χ3v) is 10.4. The quantitative estimate of drug-likeness (QED) is 0.149. The summed E-state index contributed by atoms with van der Waals surface area (Å²) in [5.41, 5.74) is 0. The molecular weight excluding hydrogens is 457 g/mol. The summed E-state index contributed by atoms with van der Waals surface area (Å²) in [5.74, 6) is 0. The predicted molar refractivity (Wildman–Crippen MR) is 153 cm³/mol. The molecule has 3 heteroatoms. The number of unbranched alkanes of at least 4 members (excludes halogenated alkanes) is 5. The van der Waals surface area contributed by atoms with Crippen molar-refractivity contribution in [1.29, 1.82) is 0 Å². The summed E-state index contributed by atoms with van der Waals surface area (Å²) in [6.45, 7) is 2.29. The topological polar surface area (TPSA) is 0 Å². The molecule has 0 nitrogen and oxygen atoms in total. The van der Waals surface area contributed by atoms with Crippen LogP contribution in [-0.4, -0.2) is 0 Å². The van der Waals surface area contributed by atoms with Gasteiger partial charge in [-0.2, -0.15) is 0 Å². The fourth-order valence-corrected chi connectivity index (χ4v) is 8.51. The molecule has 0 aliphatic heterocycles. The Hall–Kier alpha value is -2.20. The molecule has 0 amide bonds. The van der Waals surface area contributed by atoms with Crippen LogP contribution in [0.3, 0.4) is 0 Å². The molecule has 0 unspecified atom stereocenters. The largest absolute Gasteiger partial charge is 0.139 e. The smallest absolute Gasteiger partial charge is 0.0536 e. The first-order valence-electron chi connectivity index (χ1n) is 12.2. The minimum Gasteiger partial charge on any atom is -0.139 e. The molecule has 6 rings (SSSR count). The van der Waals surface area contributed by atoms with E-state index in [1.807, 2.05) is 34.0 Å². The molecule has 6 aromatic rings. The lowest BCUT2D eigenvalue weighted by Crippen LogP contribution is -1.82. The van der Waals surface area contributed by atoms with Crippen molar-refractivity contribution in [2.24, 2.45) is 0 Å². The maximum atomic E-state index is 2.42. The Morgan fingerprint density at radius 3 is 2.15 bits per heavy atom. The van der Waals surface area contributed by atoms with Gasteiger partial charge in [-0.3, -0.25) is 0 Å². The highest BCUT2D eigenvalue weighted by molar-refractivity contribution is 7.34. The van der Waals surface area contributed by atoms with Crippen LogP contribution in [0.25, 0.3) is 50.8 Å². The summed E-state index contributed by atoms with van der Waals surface area (Å²) in [6, 6.07) is 25.3. The zero-order valence-corrected chi connectivity index (χ0v) is 21.5. The second kappa shape index (κ2) is 9.21. The molecule has 0 radical (unpaired) electrons. The fraction of sp³-hybridized carbons (Fsp3) is 0.267. The lowest BCUT2D eigenvalue weighted by atomic mass is 10.0. The normalized spacial score (nSPS) is 12.0. The molecular formula is C30H28S3. The number of thiophene rings is 3. The van der Waals surface area contributed by atoms with E-state index in [9.17, 15) is 0 Å². The number of hydrogen-bond donors (Lipinski definition) is 0. The summed E-state index contributed by atoms with van der Waals surface area (Å²) in [5, 5.41) is 6.73. The molecule has 3 aromatic heterocycles. The second-order valence-corrected chi connectivity index (χ2v) is 12.4. The number of benzene rings is 3. The van der Waals surface area contributed by atoms with Crippen molar-refractivity contribution < 1.29 is 0 Å². The van der Waals surface area contributed by atoms with E-state index in [-0.39, 0.29) is 0 Å². The summed E-state index contributed by atoms with van der Waals surface area (Å²) in [6.07, 6.45) is 9.45. The fourth-order valence-electron chi connectivity index (χ4n) is 4.84. The van der Waals surface area contributed by atoms with Gasteiger partial charge in [0.2, 0.25) is 0 Å². The third-order valence-electron chi connectivity index (χ3n) is 6.65. The summed E-state index contributed by atoms with van der Waals surface area (Å²) in [4.78, 5) is 4.40. The first kappa shape index (κ1) is 21.3. The summed E-state index contributed by atoms with van der Waals surface area (Å²) in [7, 11) is 0. The Balaban J connectivity index is 1.27. The van der Waals surface area contributed by atoms with E-state index in [1.165, 1.54) is 95.7 Å². The molecule has 0 atom stereocenters. The van der Waals surface area contributed by atoms with Crippen molar-refractivity contribution >= 4 is 75.0 Å². The highest BCUT2D eigenvalue weighted by atomic mass is 32.1. The highest BCUT2D eigenvalue weighted by Crippen LogP contribution is 2.45. The minimum atomic E-state index is 1.24. The van der Waals surface area contributed by atoms with Crippen molar-refractivity contribution in [3.63, 3.8) is 0 Å². The summed E-state index contributed by atoms with van der Waals surface area (Å²) < 4.78 is 4.28. The Labute approximate surface area is 207 Å². The van der Waals surface area contributed by atoms with Crippen LogP contribution in [-0.2, 0) is 6.42 Å². The highest BCUT2D eigenvalue weighted by Gasteiger charge is 2.13. The number of aryl methyl sites for hydroxylation is 1. The number of hydrogen-bond acceptors (Lipinski definition) is 3. The molecule has 3 heterocycles. The zero-order valence-electron chi connectivity index (χ0n) is 19.0. The lowest BCUT2D eigenvalue weighted by Gasteiger charge is -2.03. The van der Waals surface area contributed by atoms with Gasteiger partial charge in [-0.1, -0.05) is 63.3 Å². The van der Waals surface area contributed by atoms with Gasteiger partial charge in [0, 0.05) is 29.4 Å². The van der Waals surface area contributed by atoms with Crippen molar-refractivity contribution in [2.45, 2.75) is 51.9 Å². The molecule has 0 saturated carbocycles. The van der Waals surface area contributed by atoms with Gasteiger partial charge in [0.05, 0.1) is 4.70 Å². The molecule has 0 spiro atoms. The minimum absolute atomic E-state index is 1.24. The van der Waals surface area contributed by atoms with Crippen LogP contribution in [0.5, 0.6) is 0 Å². The SMILES string of the molecule is CCCCCCCCc1ccc(-c2cc3sc4cc5cc6ccccc6cc5cc4c3s2)s1. The van der Waals surface area contributed by atoms with Crippen LogP contribution in [0.4, 0.5) is 0 Å². The molecule has 3 aromatic carbocycles. The van der Waals surface area contributed by atoms with E-state index < -0.39 is 0 Å². The van der Waals surface area contributed by atoms with Crippen molar-refractivity contribution in [3.8, 4) is 9.75 Å². The van der Waals surface area contributed by atoms with E-state index in [2.05, 4.69) is 73.7 Å². The van der Waals surface area contributed by atoms with E-state index in [4.69, 9.17) is 0 Å². The first-order chi connectivity index (χ1) is 16.3. The Kier molecular flexibility index (Phi) is 5.96. The number of fused-ring (bicyclic) bond motifs is 5. The van der Waals surface area contributed by atoms with Crippen molar-refractivity contribution in [2.75, 3.05) is 0 Å². The summed E-state index contributed by atoms with van der Waals surface area (Å²) >= 11 is 5.91. The molecule has 0 fully saturated rings. The standard InChI is InChI=1S/C30H28S3/c1-2-3-4-5-6-7-12-24-13-14-26(31-24)28-19-29-30(33-28)25-17-22-15-20-10-8-9-11-21(20)16-23(22)18-27(25)32-29/h8-11,13-19H,2-7,12H2,1H3. The number of rotatable bonds is 8. The van der Waals surface area contributed by atoms with Crippen molar-refractivity contribution in [3.05, 3.63) is 71.6 Å². The molecule has 0 bridgehead atoms. The second-order valence-electron chi connectivity index (χ2n) is 9.08. The third kappa shape index (κ3) is 4.23. The lowest BCUT2D eigenvalue weighted by molar-refractivity contribution is 0.609. The van der Waals surface area contributed by atoms with Crippen LogP contribution in [0.15, 0.2) is 66.7 Å². The van der Waals surface area contributed by atoms with Gasteiger partial charge in [0.25, 0.3) is 0 Å². The molecule has 0 aliphatic carbocycles. The maximum Gasteiger partial charge on any atom is 0.0536 e. The average molecular weight is 485 g/mol. The molecule has 0 saturated heterocycles. The van der Waals surface area contributed by atoms with E-state index in [0.717, 1.165) is 0 Å². The van der Waals surface area contributed by atoms with Gasteiger partial charge in [0.15, 0.2) is 0 Å².